The normalized spacial score (nSPS) is 19.1. The quantitative estimate of drug-likeness (QED) is 0.763. The number of benzene rings is 2. The highest BCUT2D eigenvalue weighted by atomic mass is 19.4. The van der Waals surface area contributed by atoms with Crippen molar-refractivity contribution >= 4 is 23.5 Å². The van der Waals surface area contributed by atoms with Crippen LogP contribution in [0.25, 0.3) is 0 Å². The van der Waals surface area contributed by atoms with Crippen molar-refractivity contribution in [2.24, 2.45) is 0 Å². The van der Waals surface area contributed by atoms with Crippen LogP contribution in [0.4, 0.5) is 23.7 Å². The predicted molar refractivity (Wildman–Crippen MR) is 96.4 cm³/mol. The van der Waals surface area contributed by atoms with Gasteiger partial charge in [0.15, 0.2) is 0 Å². The van der Waals surface area contributed by atoms with Gasteiger partial charge in [-0.25, -0.2) is 9.69 Å². The molecule has 152 valence electrons. The maximum Gasteiger partial charge on any atom is 0.440 e. The molecule has 1 atom stereocenters. The molecular weight excluding hydrogens is 391 g/mol. The van der Waals surface area contributed by atoms with E-state index in [2.05, 4.69) is 0 Å². The summed E-state index contributed by atoms with van der Waals surface area (Å²) in [5, 5.41) is 3.25. The molecule has 2 aromatic rings. The Hall–Kier alpha value is -3.56. The largest absolute Gasteiger partial charge is 0.497 e. The van der Waals surface area contributed by atoms with E-state index >= 15 is 0 Å². The van der Waals surface area contributed by atoms with Crippen LogP contribution in [-0.4, -0.2) is 36.8 Å². The number of alkyl halides is 3. The van der Waals surface area contributed by atoms with E-state index in [1.54, 1.807) is 29.7 Å². The Bertz CT molecular complexity index is 958. The molecule has 0 saturated carbocycles. The molecule has 2 aromatic carbocycles. The zero-order chi connectivity index (χ0) is 21.4. The van der Waals surface area contributed by atoms with Crippen molar-refractivity contribution in [2.75, 3.05) is 12.0 Å². The Morgan fingerprint density at radius 2 is 1.66 bits per heavy atom. The molecular formula is C19H16F3N3O4. The number of amides is 4. The predicted octanol–water partition coefficient (Wildman–Crippen LogP) is 2.75. The first-order chi connectivity index (χ1) is 13.6. The molecule has 0 radical (unpaired) electrons. The van der Waals surface area contributed by atoms with Gasteiger partial charge in [0.1, 0.15) is 5.75 Å². The lowest BCUT2D eigenvalue weighted by atomic mass is 10.1. The van der Waals surface area contributed by atoms with Crippen LogP contribution in [0.2, 0.25) is 0 Å². The number of hydrogen-bond donors (Lipinski definition) is 2. The molecule has 1 aliphatic heterocycles. The van der Waals surface area contributed by atoms with Crippen LogP contribution in [0.3, 0.4) is 0 Å². The molecule has 0 spiro atoms. The summed E-state index contributed by atoms with van der Waals surface area (Å²) in [5.74, 6) is -2.45. The van der Waals surface area contributed by atoms with E-state index in [1.807, 2.05) is 0 Å². The first kappa shape index (κ1) is 20.2. The third-order valence-corrected chi connectivity index (χ3v) is 4.39. The SMILES string of the molecule is COc1ccc(C(=O)NC2(C(F)(F)F)NC(=O)N(c3ccc(C)cc3)C2=O)cc1. The molecule has 1 heterocycles. The lowest BCUT2D eigenvalue weighted by Crippen LogP contribution is -2.69. The highest BCUT2D eigenvalue weighted by molar-refractivity contribution is 6.24. The van der Waals surface area contributed by atoms with Crippen molar-refractivity contribution in [1.29, 1.82) is 0 Å². The molecule has 2 N–H and O–H groups in total. The number of carbonyl (C=O) groups excluding carboxylic acids is 3. The van der Waals surface area contributed by atoms with Crippen LogP contribution in [0.5, 0.6) is 5.75 Å². The van der Waals surface area contributed by atoms with Crippen LogP contribution >= 0.6 is 0 Å². The van der Waals surface area contributed by atoms with Gasteiger partial charge in [-0.3, -0.25) is 14.9 Å². The summed E-state index contributed by atoms with van der Waals surface area (Å²) in [7, 11) is 1.39. The molecule has 0 aromatic heterocycles. The van der Waals surface area contributed by atoms with E-state index in [0.717, 1.165) is 5.56 Å². The first-order valence-electron chi connectivity index (χ1n) is 8.36. The van der Waals surface area contributed by atoms with E-state index in [-0.39, 0.29) is 11.3 Å². The fourth-order valence-electron chi connectivity index (χ4n) is 2.79. The monoisotopic (exact) mass is 407 g/mol. The topological polar surface area (TPSA) is 87.7 Å². The summed E-state index contributed by atoms with van der Waals surface area (Å²) in [6.45, 7) is 1.74. The maximum absolute atomic E-state index is 13.9. The van der Waals surface area contributed by atoms with Crippen molar-refractivity contribution in [3.63, 3.8) is 0 Å². The lowest BCUT2D eigenvalue weighted by Gasteiger charge is -2.29. The van der Waals surface area contributed by atoms with Crippen molar-refractivity contribution < 1.29 is 32.3 Å². The van der Waals surface area contributed by atoms with Gasteiger partial charge >= 0.3 is 12.2 Å². The second-order valence-corrected chi connectivity index (χ2v) is 6.34. The highest BCUT2D eigenvalue weighted by Gasteiger charge is 2.69. The molecule has 0 bridgehead atoms. The van der Waals surface area contributed by atoms with Crippen molar-refractivity contribution in [3.8, 4) is 5.75 Å². The van der Waals surface area contributed by atoms with Gasteiger partial charge in [0.05, 0.1) is 12.8 Å². The Morgan fingerprint density at radius 3 is 2.17 bits per heavy atom. The van der Waals surface area contributed by atoms with E-state index < -0.39 is 29.7 Å². The molecule has 29 heavy (non-hydrogen) atoms. The number of carbonyl (C=O) groups is 3. The molecule has 4 amide bonds. The summed E-state index contributed by atoms with van der Waals surface area (Å²) < 4.78 is 46.6. The Balaban J connectivity index is 1.96. The fourth-order valence-corrected chi connectivity index (χ4v) is 2.79. The van der Waals surface area contributed by atoms with Gasteiger partial charge < -0.3 is 10.1 Å². The van der Waals surface area contributed by atoms with Crippen LogP contribution in [0.15, 0.2) is 48.5 Å². The summed E-state index contributed by atoms with van der Waals surface area (Å²) in [5.41, 5.74) is -3.00. The zero-order valence-electron chi connectivity index (χ0n) is 15.3. The van der Waals surface area contributed by atoms with Crippen LogP contribution in [0.1, 0.15) is 15.9 Å². The van der Waals surface area contributed by atoms with Gasteiger partial charge in [0.2, 0.25) is 0 Å². The van der Waals surface area contributed by atoms with Gasteiger partial charge in [0.25, 0.3) is 17.5 Å². The number of nitrogens with zero attached hydrogens (tertiary/aromatic N) is 1. The van der Waals surface area contributed by atoms with Gasteiger partial charge in [-0.2, -0.15) is 13.2 Å². The number of ether oxygens (including phenoxy) is 1. The number of urea groups is 1. The molecule has 10 heteroatoms. The smallest absolute Gasteiger partial charge is 0.440 e. The Kier molecular flexibility index (Phi) is 4.95. The average Bonchev–Trinajstić information content (AvgIpc) is 2.93. The summed E-state index contributed by atoms with van der Waals surface area (Å²) in [6.07, 6.45) is -5.29. The van der Waals surface area contributed by atoms with Gasteiger partial charge in [-0.05, 0) is 43.3 Å². The molecule has 3 rings (SSSR count). The minimum absolute atomic E-state index is 0.0529. The third kappa shape index (κ3) is 3.48. The number of aryl methyl sites for hydroxylation is 1. The average molecular weight is 407 g/mol. The summed E-state index contributed by atoms with van der Waals surface area (Å²) >= 11 is 0. The van der Waals surface area contributed by atoms with Crippen molar-refractivity contribution in [1.82, 2.24) is 10.6 Å². The van der Waals surface area contributed by atoms with Crippen molar-refractivity contribution in [2.45, 2.75) is 18.8 Å². The number of rotatable bonds is 4. The lowest BCUT2D eigenvalue weighted by molar-refractivity contribution is -0.197. The summed E-state index contributed by atoms with van der Waals surface area (Å²) in [4.78, 5) is 37.8. The van der Waals surface area contributed by atoms with Crippen LogP contribution in [0, 0.1) is 6.92 Å². The number of anilines is 1. The number of hydrogen-bond acceptors (Lipinski definition) is 4. The molecule has 1 fully saturated rings. The first-order valence-corrected chi connectivity index (χ1v) is 8.36. The van der Waals surface area contributed by atoms with E-state index in [4.69, 9.17) is 4.74 Å². The second kappa shape index (κ2) is 7.12. The highest BCUT2D eigenvalue weighted by Crippen LogP contribution is 2.36. The Labute approximate surface area is 163 Å². The molecule has 0 aliphatic carbocycles. The number of imide groups is 1. The zero-order valence-corrected chi connectivity index (χ0v) is 15.3. The minimum Gasteiger partial charge on any atom is -0.497 e. The summed E-state index contributed by atoms with van der Waals surface area (Å²) in [6, 6.07) is 9.68. The van der Waals surface area contributed by atoms with Gasteiger partial charge in [-0.1, -0.05) is 17.7 Å². The standard InChI is InChI=1S/C19H16F3N3O4/c1-11-3-7-13(8-4-11)25-16(27)18(19(20,21)22,24-17(25)28)23-15(26)12-5-9-14(29-2)10-6-12/h3-10H,1-2H3,(H,23,26)(H,24,28). The number of methoxy groups -OCH3 is 1. The van der Waals surface area contributed by atoms with Crippen molar-refractivity contribution in [3.05, 3.63) is 59.7 Å². The van der Waals surface area contributed by atoms with Crippen LogP contribution in [-0.2, 0) is 4.79 Å². The van der Waals surface area contributed by atoms with Gasteiger partial charge in [-0.15, -0.1) is 0 Å². The third-order valence-electron chi connectivity index (χ3n) is 4.39. The minimum atomic E-state index is -5.29. The maximum atomic E-state index is 13.9. The van der Waals surface area contributed by atoms with Gasteiger partial charge in [0, 0.05) is 5.56 Å². The molecule has 1 saturated heterocycles. The van der Waals surface area contributed by atoms with E-state index in [1.165, 1.54) is 43.5 Å². The number of halogens is 3. The Morgan fingerprint density at radius 1 is 1.07 bits per heavy atom. The fraction of sp³-hybridized carbons (Fsp3) is 0.211. The van der Waals surface area contributed by atoms with Crippen LogP contribution < -0.4 is 20.3 Å². The molecule has 7 nitrogen and oxygen atoms in total. The number of nitrogens with one attached hydrogen (secondary N) is 2. The second-order valence-electron chi connectivity index (χ2n) is 6.34. The van der Waals surface area contributed by atoms with E-state index in [9.17, 15) is 27.6 Å². The van der Waals surface area contributed by atoms with E-state index in [0.29, 0.717) is 10.6 Å². The molecule has 1 aliphatic rings. The molecule has 1 unspecified atom stereocenters.